The van der Waals surface area contributed by atoms with Crippen molar-refractivity contribution in [1.29, 1.82) is 0 Å². The van der Waals surface area contributed by atoms with Gasteiger partial charge in [-0.05, 0) is 12.8 Å². The molecule has 2 aromatic heterocycles. The minimum atomic E-state index is -0.529. The molecule has 1 saturated heterocycles. The van der Waals surface area contributed by atoms with Gasteiger partial charge in [0.2, 0.25) is 0 Å². The van der Waals surface area contributed by atoms with Crippen molar-refractivity contribution in [2.45, 2.75) is 45.1 Å². The Balaban J connectivity index is 1.75. The molecule has 7 nitrogen and oxygen atoms in total. The molecule has 1 aliphatic rings. The van der Waals surface area contributed by atoms with Crippen molar-refractivity contribution in [2.75, 3.05) is 11.4 Å². The Bertz CT molecular complexity index is 789. The molecule has 0 bridgehead atoms. The summed E-state index contributed by atoms with van der Waals surface area (Å²) in [4.78, 5) is 32.0. The van der Waals surface area contributed by atoms with E-state index in [1.807, 2.05) is 33.9 Å². The second kappa shape index (κ2) is 6.59. The van der Waals surface area contributed by atoms with Crippen molar-refractivity contribution in [2.24, 2.45) is 7.05 Å². The molecule has 25 heavy (non-hydrogen) atoms. The predicted molar refractivity (Wildman–Crippen MR) is 96.9 cm³/mol. The van der Waals surface area contributed by atoms with Crippen LogP contribution in [0.2, 0.25) is 0 Å². The molecule has 8 heteroatoms. The predicted octanol–water partition coefficient (Wildman–Crippen LogP) is 2.10. The summed E-state index contributed by atoms with van der Waals surface area (Å²) < 4.78 is 1.66. The van der Waals surface area contributed by atoms with E-state index in [0.717, 1.165) is 12.1 Å². The fourth-order valence-corrected chi connectivity index (χ4v) is 3.85. The number of carbonyl (C=O) groups is 2. The highest BCUT2D eigenvalue weighted by Gasteiger charge is 2.33. The van der Waals surface area contributed by atoms with Gasteiger partial charge in [-0.25, -0.2) is 4.98 Å². The highest BCUT2D eigenvalue weighted by atomic mass is 32.1. The first-order valence-corrected chi connectivity index (χ1v) is 9.21. The molecule has 0 radical (unpaired) electrons. The minimum Gasteiger partial charge on any atom is -0.339 e. The van der Waals surface area contributed by atoms with Crippen molar-refractivity contribution < 1.29 is 9.59 Å². The van der Waals surface area contributed by atoms with Gasteiger partial charge in [0, 0.05) is 31.3 Å². The fourth-order valence-electron chi connectivity index (χ4n) is 2.95. The molecule has 3 rings (SSSR count). The Labute approximate surface area is 151 Å². The van der Waals surface area contributed by atoms with Crippen molar-refractivity contribution in [3.8, 4) is 0 Å². The first-order chi connectivity index (χ1) is 11.8. The molecule has 0 aromatic carbocycles. The third kappa shape index (κ3) is 3.58. The molecule has 1 fully saturated rings. The number of thiazole rings is 1. The zero-order valence-corrected chi connectivity index (χ0v) is 15.8. The highest BCUT2D eigenvalue weighted by molar-refractivity contribution is 7.11. The molecular formula is C17H23N5O2S. The average Bonchev–Trinajstić information content (AvgIpc) is 3.17. The van der Waals surface area contributed by atoms with Crippen molar-refractivity contribution in [1.82, 2.24) is 20.1 Å². The molecule has 0 spiro atoms. The van der Waals surface area contributed by atoms with Gasteiger partial charge in [0.15, 0.2) is 5.82 Å². The molecule has 1 atom stereocenters. The fraction of sp³-hybridized carbons (Fsp3) is 0.529. The lowest BCUT2D eigenvalue weighted by Crippen LogP contribution is -2.52. The third-order valence-corrected chi connectivity index (χ3v) is 5.03. The van der Waals surface area contributed by atoms with E-state index in [-0.39, 0.29) is 17.2 Å². The van der Waals surface area contributed by atoms with E-state index < -0.39 is 6.04 Å². The van der Waals surface area contributed by atoms with Crippen LogP contribution in [-0.2, 0) is 17.3 Å². The zero-order valence-electron chi connectivity index (χ0n) is 14.9. The molecule has 2 amide bonds. The van der Waals surface area contributed by atoms with Crippen LogP contribution in [0, 0.1) is 0 Å². The standard InChI is InChI=1S/C17H23N5O2S/c1-17(2,3)14-13(25-10-18-14)15(23)19-11-6-5-8-22(16(11)24)12-7-9-21(4)20-12/h7,9-11H,5-6,8H2,1-4H3,(H,19,23)/t11-/m0/s1. The van der Waals surface area contributed by atoms with Gasteiger partial charge >= 0.3 is 0 Å². The summed E-state index contributed by atoms with van der Waals surface area (Å²) in [6.07, 6.45) is 3.26. The van der Waals surface area contributed by atoms with Crippen LogP contribution in [0.25, 0.3) is 0 Å². The van der Waals surface area contributed by atoms with E-state index in [1.54, 1.807) is 21.3 Å². The third-order valence-electron chi connectivity index (χ3n) is 4.20. The number of nitrogens with one attached hydrogen (secondary N) is 1. The summed E-state index contributed by atoms with van der Waals surface area (Å²) >= 11 is 1.31. The van der Waals surface area contributed by atoms with Crippen molar-refractivity contribution in [3.05, 3.63) is 28.3 Å². The Morgan fingerprint density at radius 3 is 2.80 bits per heavy atom. The maximum absolute atomic E-state index is 12.8. The topological polar surface area (TPSA) is 80.1 Å². The van der Waals surface area contributed by atoms with Gasteiger partial charge in [0.1, 0.15) is 10.9 Å². The first-order valence-electron chi connectivity index (χ1n) is 8.33. The molecule has 0 unspecified atom stereocenters. The van der Waals surface area contributed by atoms with E-state index in [2.05, 4.69) is 15.4 Å². The number of hydrogen-bond donors (Lipinski definition) is 1. The number of aryl methyl sites for hydroxylation is 1. The maximum Gasteiger partial charge on any atom is 0.263 e. The number of carbonyl (C=O) groups excluding carboxylic acids is 2. The summed E-state index contributed by atoms with van der Waals surface area (Å²) in [6, 6.07) is 1.28. The Morgan fingerprint density at radius 1 is 1.40 bits per heavy atom. The molecule has 134 valence electrons. The smallest absolute Gasteiger partial charge is 0.263 e. The summed E-state index contributed by atoms with van der Waals surface area (Å²) in [5.41, 5.74) is 2.22. The summed E-state index contributed by atoms with van der Waals surface area (Å²) in [5, 5.41) is 7.19. The van der Waals surface area contributed by atoms with E-state index in [4.69, 9.17) is 0 Å². The lowest BCUT2D eigenvalue weighted by Gasteiger charge is -2.31. The molecule has 1 N–H and O–H groups in total. The van der Waals surface area contributed by atoms with Crippen LogP contribution < -0.4 is 10.2 Å². The van der Waals surface area contributed by atoms with Crippen molar-refractivity contribution in [3.63, 3.8) is 0 Å². The molecule has 0 saturated carbocycles. The van der Waals surface area contributed by atoms with Crippen LogP contribution in [0.3, 0.4) is 0 Å². The summed E-state index contributed by atoms with van der Waals surface area (Å²) in [7, 11) is 1.81. The van der Waals surface area contributed by atoms with Gasteiger partial charge in [0.25, 0.3) is 11.8 Å². The summed E-state index contributed by atoms with van der Waals surface area (Å²) in [6.45, 7) is 6.68. The number of anilines is 1. The van der Waals surface area contributed by atoms with Crippen LogP contribution in [0.1, 0.15) is 49.0 Å². The van der Waals surface area contributed by atoms with Gasteiger partial charge < -0.3 is 5.32 Å². The highest BCUT2D eigenvalue weighted by Crippen LogP contribution is 2.27. The van der Waals surface area contributed by atoms with Gasteiger partial charge in [-0.2, -0.15) is 5.10 Å². The maximum atomic E-state index is 12.8. The average molecular weight is 361 g/mol. The van der Waals surface area contributed by atoms with Gasteiger partial charge in [-0.1, -0.05) is 20.8 Å². The lowest BCUT2D eigenvalue weighted by molar-refractivity contribution is -0.121. The van der Waals surface area contributed by atoms with Crippen LogP contribution >= 0.6 is 11.3 Å². The Morgan fingerprint density at radius 2 is 2.16 bits per heavy atom. The van der Waals surface area contributed by atoms with Crippen LogP contribution in [0.4, 0.5) is 5.82 Å². The lowest BCUT2D eigenvalue weighted by atomic mass is 9.91. The first kappa shape index (κ1) is 17.6. The van der Waals surface area contributed by atoms with E-state index in [9.17, 15) is 9.59 Å². The number of aromatic nitrogens is 3. The molecule has 1 aliphatic heterocycles. The van der Waals surface area contributed by atoms with E-state index >= 15 is 0 Å². The van der Waals surface area contributed by atoms with Crippen molar-refractivity contribution >= 4 is 29.0 Å². The second-order valence-corrected chi connectivity index (χ2v) is 8.14. The largest absolute Gasteiger partial charge is 0.339 e. The quantitative estimate of drug-likeness (QED) is 0.908. The minimum absolute atomic E-state index is 0.111. The number of rotatable bonds is 3. The van der Waals surface area contributed by atoms with E-state index in [0.29, 0.717) is 23.7 Å². The van der Waals surface area contributed by atoms with Crippen LogP contribution in [-0.4, -0.2) is 39.2 Å². The number of nitrogens with zero attached hydrogens (tertiary/aromatic N) is 4. The monoisotopic (exact) mass is 361 g/mol. The molecule has 0 aliphatic carbocycles. The van der Waals surface area contributed by atoms with Crippen LogP contribution in [0.15, 0.2) is 17.8 Å². The molecule has 3 heterocycles. The Kier molecular flexibility index (Phi) is 4.64. The second-order valence-electron chi connectivity index (χ2n) is 7.29. The normalized spacial score (nSPS) is 18.5. The number of amides is 2. The summed E-state index contributed by atoms with van der Waals surface area (Å²) in [5.74, 6) is 0.286. The molecular weight excluding hydrogens is 338 g/mol. The van der Waals surface area contributed by atoms with Gasteiger partial charge in [-0.15, -0.1) is 11.3 Å². The number of piperidine rings is 1. The SMILES string of the molecule is Cn1ccc(N2CCC[C@H](NC(=O)c3scnc3C(C)(C)C)C2=O)n1. The van der Waals surface area contributed by atoms with Gasteiger partial charge in [0.05, 0.1) is 11.2 Å². The molecule has 2 aromatic rings. The number of hydrogen-bond acceptors (Lipinski definition) is 5. The van der Waals surface area contributed by atoms with Crippen LogP contribution in [0.5, 0.6) is 0 Å². The van der Waals surface area contributed by atoms with Gasteiger partial charge in [-0.3, -0.25) is 19.2 Å². The zero-order chi connectivity index (χ0) is 18.2. The Hall–Kier alpha value is -2.22. The van der Waals surface area contributed by atoms with E-state index in [1.165, 1.54) is 11.3 Å².